The maximum absolute atomic E-state index is 11.5. The second-order valence-corrected chi connectivity index (χ2v) is 5.50. The minimum Gasteiger partial charge on any atom is -0.354 e. The van der Waals surface area contributed by atoms with Gasteiger partial charge >= 0.3 is 0 Å². The van der Waals surface area contributed by atoms with Crippen LogP contribution in [0.3, 0.4) is 0 Å². The van der Waals surface area contributed by atoms with Gasteiger partial charge in [-0.1, -0.05) is 36.4 Å². The van der Waals surface area contributed by atoms with Crippen molar-refractivity contribution < 1.29 is 4.79 Å². The molecule has 1 amide bonds. The van der Waals surface area contributed by atoms with Gasteiger partial charge in [-0.3, -0.25) is 9.78 Å². The third kappa shape index (κ3) is 2.25. The maximum Gasteiger partial charge on any atom is 0.221 e. The zero-order valence-corrected chi connectivity index (χ0v) is 12.6. The van der Waals surface area contributed by atoms with Crippen molar-refractivity contribution in [3.63, 3.8) is 0 Å². The third-order valence-electron chi connectivity index (χ3n) is 3.96. The zero-order chi connectivity index (χ0) is 15.8. The Labute approximate surface area is 133 Å². The lowest BCUT2D eigenvalue weighted by Crippen LogP contribution is -2.07. The van der Waals surface area contributed by atoms with Gasteiger partial charge in [0.15, 0.2) is 0 Å². The number of benzene rings is 2. The normalized spacial score (nSPS) is 11.0. The number of anilines is 1. The Kier molecular flexibility index (Phi) is 3.08. The van der Waals surface area contributed by atoms with Crippen LogP contribution in [0.15, 0.2) is 60.9 Å². The number of nitrogens with one attached hydrogen (secondary N) is 2. The molecule has 4 aromatic rings. The van der Waals surface area contributed by atoms with Crippen LogP contribution in [0.25, 0.3) is 32.9 Å². The Hall–Kier alpha value is -3.14. The van der Waals surface area contributed by atoms with Gasteiger partial charge in [0, 0.05) is 40.5 Å². The summed E-state index contributed by atoms with van der Waals surface area (Å²) in [6, 6.07) is 16.4. The minimum atomic E-state index is -0.108. The number of amides is 1. The SMILES string of the molecule is CC(=O)Nc1cnccc1-c1cccc2c1[nH]c1ccccc12. The van der Waals surface area contributed by atoms with E-state index in [4.69, 9.17) is 0 Å². The molecule has 0 atom stereocenters. The summed E-state index contributed by atoms with van der Waals surface area (Å²) in [7, 11) is 0. The zero-order valence-electron chi connectivity index (χ0n) is 12.6. The summed E-state index contributed by atoms with van der Waals surface area (Å²) in [6.07, 6.45) is 3.42. The van der Waals surface area contributed by atoms with Gasteiger partial charge in [-0.05, 0) is 12.1 Å². The van der Waals surface area contributed by atoms with Crippen molar-refractivity contribution in [2.24, 2.45) is 0 Å². The third-order valence-corrected chi connectivity index (χ3v) is 3.96. The molecule has 0 saturated heterocycles. The first-order valence-electron chi connectivity index (χ1n) is 7.45. The van der Waals surface area contributed by atoms with Crippen molar-refractivity contribution in [3.05, 3.63) is 60.9 Å². The van der Waals surface area contributed by atoms with Crippen LogP contribution in [0.5, 0.6) is 0 Å². The van der Waals surface area contributed by atoms with Crippen LogP contribution < -0.4 is 5.32 Å². The Morgan fingerprint density at radius 2 is 1.83 bits per heavy atom. The Bertz CT molecular complexity index is 1030. The van der Waals surface area contributed by atoms with Gasteiger partial charge in [-0.15, -0.1) is 0 Å². The molecule has 0 fully saturated rings. The molecule has 0 saturated carbocycles. The number of carbonyl (C=O) groups excluding carboxylic acids is 1. The topological polar surface area (TPSA) is 57.8 Å². The van der Waals surface area contributed by atoms with Gasteiger partial charge in [0.25, 0.3) is 0 Å². The number of carbonyl (C=O) groups is 1. The summed E-state index contributed by atoms with van der Waals surface area (Å²) in [4.78, 5) is 19.1. The van der Waals surface area contributed by atoms with Crippen LogP contribution in [0.1, 0.15) is 6.92 Å². The molecule has 4 rings (SSSR count). The monoisotopic (exact) mass is 301 g/mol. The molecule has 2 N–H and O–H groups in total. The quantitative estimate of drug-likeness (QED) is 0.578. The van der Waals surface area contributed by atoms with Crippen LogP contribution in [0, 0.1) is 0 Å². The molecule has 0 aliphatic heterocycles. The largest absolute Gasteiger partial charge is 0.354 e. The van der Waals surface area contributed by atoms with Gasteiger partial charge in [-0.2, -0.15) is 0 Å². The summed E-state index contributed by atoms with van der Waals surface area (Å²) >= 11 is 0. The first-order chi connectivity index (χ1) is 11.2. The van der Waals surface area contributed by atoms with E-state index in [1.165, 1.54) is 17.7 Å². The average Bonchev–Trinajstić information content (AvgIpc) is 2.94. The molecule has 0 aliphatic carbocycles. The fourth-order valence-corrected chi connectivity index (χ4v) is 3.02. The summed E-state index contributed by atoms with van der Waals surface area (Å²) < 4.78 is 0. The van der Waals surface area contributed by atoms with Crippen molar-refractivity contribution in [2.45, 2.75) is 6.92 Å². The molecule has 2 heterocycles. The molecule has 0 radical (unpaired) electrons. The number of pyridine rings is 1. The summed E-state index contributed by atoms with van der Waals surface area (Å²) in [5, 5.41) is 5.22. The number of fused-ring (bicyclic) bond motifs is 3. The Morgan fingerprint density at radius 1 is 1.00 bits per heavy atom. The average molecular weight is 301 g/mol. The number of hydrogen-bond donors (Lipinski definition) is 2. The van der Waals surface area contributed by atoms with Gasteiger partial charge in [0.2, 0.25) is 5.91 Å². The number of H-pyrrole nitrogens is 1. The van der Waals surface area contributed by atoms with Crippen LogP contribution >= 0.6 is 0 Å². The summed E-state index contributed by atoms with van der Waals surface area (Å²) in [5.41, 5.74) is 4.87. The highest BCUT2D eigenvalue weighted by Gasteiger charge is 2.12. The minimum absolute atomic E-state index is 0.108. The highest BCUT2D eigenvalue weighted by Crippen LogP contribution is 2.35. The lowest BCUT2D eigenvalue weighted by atomic mass is 10.0. The second-order valence-electron chi connectivity index (χ2n) is 5.50. The van der Waals surface area contributed by atoms with Gasteiger partial charge in [-0.25, -0.2) is 0 Å². The first kappa shape index (κ1) is 13.5. The fraction of sp³-hybridized carbons (Fsp3) is 0.0526. The standard InChI is InChI=1S/C19H15N3O/c1-12(23)21-18-11-20-10-9-14(18)16-7-4-6-15-13-5-2-3-8-17(13)22-19(15)16/h2-11,22H,1H3,(H,21,23). The molecule has 4 nitrogen and oxygen atoms in total. The number of aromatic nitrogens is 2. The van der Waals surface area contributed by atoms with Crippen molar-refractivity contribution in [1.82, 2.24) is 9.97 Å². The van der Waals surface area contributed by atoms with Crippen LogP contribution in [-0.4, -0.2) is 15.9 Å². The Balaban J connectivity index is 2.02. The Morgan fingerprint density at radius 3 is 2.70 bits per heavy atom. The number of rotatable bonds is 2. The van der Waals surface area contributed by atoms with Crippen molar-refractivity contribution in [2.75, 3.05) is 5.32 Å². The molecule has 23 heavy (non-hydrogen) atoms. The fourth-order valence-electron chi connectivity index (χ4n) is 3.02. The molecule has 112 valence electrons. The van der Waals surface area contributed by atoms with Gasteiger partial charge in [0.05, 0.1) is 17.4 Å². The van der Waals surface area contributed by atoms with E-state index in [2.05, 4.69) is 39.6 Å². The first-order valence-corrected chi connectivity index (χ1v) is 7.45. The van der Waals surface area contributed by atoms with E-state index in [0.29, 0.717) is 5.69 Å². The van der Waals surface area contributed by atoms with E-state index >= 15 is 0 Å². The molecular formula is C19H15N3O. The number of hydrogen-bond acceptors (Lipinski definition) is 2. The smallest absolute Gasteiger partial charge is 0.221 e. The molecule has 2 aromatic heterocycles. The van der Waals surface area contributed by atoms with Crippen molar-refractivity contribution in [1.29, 1.82) is 0 Å². The van der Waals surface area contributed by atoms with E-state index in [1.54, 1.807) is 12.4 Å². The van der Waals surface area contributed by atoms with E-state index in [0.717, 1.165) is 22.2 Å². The predicted octanol–water partition coefficient (Wildman–Crippen LogP) is 4.34. The number of aromatic amines is 1. The highest BCUT2D eigenvalue weighted by atomic mass is 16.1. The molecule has 2 aromatic carbocycles. The summed E-state index contributed by atoms with van der Waals surface area (Å²) in [6.45, 7) is 1.50. The number of para-hydroxylation sites is 2. The lowest BCUT2D eigenvalue weighted by molar-refractivity contribution is -0.114. The molecular weight excluding hydrogens is 286 g/mol. The van der Waals surface area contributed by atoms with Crippen molar-refractivity contribution >= 4 is 33.4 Å². The van der Waals surface area contributed by atoms with E-state index in [1.807, 2.05) is 24.3 Å². The van der Waals surface area contributed by atoms with Crippen LogP contribution in [-0.2, 0) is 4.79 Å². The van der Waals surface area contributed by atoms with Gasteiger partial charge < -0.3 is 10.3 Å². The molecule has 0 unspecified atom stereocenters. The molecule has 0 bridgehead atoms. The van der Waals surface area contributed by atoms with E-state index < -0.39 is 0 Å². The molecule has 4 heteroatoms. The molecule has 0 aliphatic rings. The lowest BCUT2D eigenvalue weighted by Gasteiger charge is -2.10. The maximum atomic E-state index is 11.5. The molecule has 0 spiro atoms. The van der Waals surface area contributed by atoms with Crippen molar-refractivity contribution in [3.8, 4) is 11.1 Å². The summed E-state index contributed by atoms with van der Waals surface area (Å²) in [5.74, 6) is -0.108. The number of nitrogens with zero attached hydrogens (tertiary/aromatic N) is 1. The highest BCUT2D eigenvalue weighted by molar-refractivity contribution is 6.12. The van der Waals surface area contributed by atoms with Crippen LogP contribution in [0.4, 0.5) is 5.69 Å². The van der Waals surface area contributed by atoms with Crippen LogP contribution in [0.2, 0.25) is 0 Å². The second kappa shape index (κ2) is 5.25. The van der Waals surface area contributed by atoms with Gasteiger partial charge in [0.1, 0.15) is 0 Å². The predicted molar refractivity (Wildman–Crippen MR) is 93.3 cm³/mol. The van der Waals surface area contributed by atoms with E-state index in [-0.39, 0.29) is 5.91 Å². The van der Waals surface area contributed by atoms with E-state index in [9.17, 15) is 4.79 Å².